The first kappa shape index (κ1) is 24.2. The highest BCUT2D eigenvalue weighted by Gasteiger charge is 2.47. The molecule has 4 aromatic heterocycles. The van der Waals surface area contributed by atoms with E-state index in [2.05, 4.69) is 25.5 Å². The number of carbonyl (C=O) groups is 1. The second kappa shape index (κ2) is 8.68. The highest BCUT2D eigenvalue weighted by atomic mass is 32.1. The van der Waals surface area contributed by atoms with Gasteiger partial charge in [-0.15, -0.1) is 16.4 Å². The van der Waals surface area contributed by atoms with Crippen LogP contribution >= 0.6 is 11.3 Å². The molecule has 0 spiro atoms. The fourth-order valence-electron chi connectivity index (χ4n) is 4.72. The monoisotopic (exact) mass is 543 g/mol. The fourth-order valence-corrected chi connectivity index (χ4v) is 5.78. The van der Waals surface area contributed by atoms with Gasteiger partial charge in [0.2, 0.25) is 0 Å². The Kier molecular flexibility index (Phi) is 5.52. The molecule has 1 N–H and O–H groups in total. The van der Waals surface area contributed by atoms with Crippen LogP contribution in [-0.4, -0.2) is 55.7 Å². The molecule has 0 bridgehead atoms. The van der Waals surface area contributed by atoms with Crippen molar-refractivity contribution in [1.29, 1.82) is 0 Å². The van der Waals surface area contributed by atoms with Crippen molar-refractivity contribution >= 4 is 39.0 Å². The molecule has 0 amide bonds. The number of aromatic nitrogens is 6. The SMILES string of the molecule is COC(=O)c1sc2ncn3nc(-c4cnn5c4N[C@@H](c4ccc(OC)cc4)C[C@@H]5C(F)(F)F)nc3c2c1C. The Morgan fingerprint density at radius 1 is 1.21 bits per heavy atom. The zero-order valence-corrected chi connectivity index (χ0v) is 21.1. The van der Waals surface area contributed by atoms with Crippen molar-refractivity contribution < 1.29 is 27.4 Å². The van der Waals surface area contributed by atoms with Gasteiger partial charge >= 0.3 is 12.1 Å². The first-order chi connectivity index (χ1) is 18.2. The molecule has 0 aliphatic carbocycles. The molecule has 0 unspecified atom stereocenters. The average molecular weight is 544 g/mol. The van der Waals surface area contributed by atoms with E-state index in [1.807, 2.05) is 0 Å². The Balaban J connectivity index is 1.47. The number of nitrogens with one attached hydrogen (secondary N) is 1. The number of esters is 1. The van der Waals surface area contributed by atoms with Gasteiger partial charge in [-0.25, -0.2) is 24.0 Å². The van der Waals surface area contributed by atoms with Gasteiger partial charge in [0.1, 0.15) is 27.6 Å². The van der Waals surface area contributed by atoms with Crippen molar-refractivity contribution in [3.63, 3.8) is 0 Å². The summed E-state index contributed by atoms with van der Waals surface area (Å²) in [5.74, 6) is 0.461. The van der Waals surface area contributed by atoms with E-state index in [1.165, 1.54) is 42.6 Å². The smallest absolute Gasteiger partial charge is 0.410 e. The third-order valence-electron chi connectivity index (χ3n) is 6.64. The zero-order chi connectivity index (χ0) is 26.8. The number of nitrogens with zero attached hydrogens (tertiary/aromatic N) is 6. The number of rotatable bonds is 4. The van der Waals surface area contributed by atoms with E-state index >= 15 is 0 Å². The van der Waals surface area contributed by atoms with Gasteiger partial charge in [-0.2, -0.15) is 18.3 Å². The van der Waals surface area contributed by atoms with Crippen LogP contribution in [0.4, 0.5) is 19.0 Å². The van der Waals surface area contributed by atoms with Crippen LogP contribution in [0.25, 0.3) is 27.3 Å². The maximum Gasteiger partial charge on any atom is 0.410 e. The molecule has 6 rings (SSSR count). The summed E-state index contributed by atoms with van der Waals surface area (Å²) in [6.07, 6.45) is -1.98. The van der Waals surface area contributed by atoms with Crippen LogP contribution in [0.3, 0.4) is 0 Å². The molecule has 1 aliphatic heterocycles. The summed E-state index contributed by atoms with van der Waals surface area (Å²) in [6, 6.07) is 4.41. The van der Waals surface area contributed by atoms with Crippen molar-refractivity contribution in [2.75, 3.05) is 19.5 Å². The van der Waals surface area contributed by atoms with Crippen LogP contribution in [-0.2, 0) is 4.74 Å². The summed E-state index contributed by atoms with van der Waals surface area (Å²) >= 11 is 1.18. The third-order valence-corrected chi connectivity index (χ3v) is 7.82. The molecular weight excluding hydrogens is 523 g/mol. The number of anilines is 1. The number of benzene rings is 1. The molecule has 10 nitrogen and oxygen atoms in total. The first-order valence-electron chi connectivity index (χ1n) is 11.5. The predicted octanol–water partition coefficient (Wildman–Crippen LogP) is 4.97. The number of halogens is 3. The molecule has 0 saturated heterocycles. The summed E-state index contributed by atoms with van der Waals surface area (Å²) in [4.78, 5) is 22.2. The second-order valence-corrected chi connectivity index (χ2v) is 9.79. The molecule has 196 valence electrons. The second-order valence-electron chi connectivity index (χ2n) is 8.79. The number of carbonyl (C=O) groups excluding carboxylic acids is 1. The first-order valence-corrected chi connectivity index (χ1v) is 12.3. The molecule has 14 heteroatoms. The Morgan fingerprint density at radius 3 is 2.66 bits per heavy atom. The summed E-state index contributed by atoms with van der Waals surface area (Å²) in [6.45, 7) is 1.76. The van der Waals surface area contributed by atoms with Gasteiger partial charge in [-0.1, -0.05) is 12.1 Å². The van der Waals surface area contributed by atoms with Gasteiger partial charge in [0.25, 0.3) is 0 Å². The molecule has 38 heavy (non-hydrogen) atoms. The average Bonchev–Trinajstić information content (AvgIpc) is 3.61. The number of ether oxygens (including phenoxy) is 2. The molecule has 2 atom stereocenters. The molecule has 0 fully saturated rings. The number of aryl methyl sites for hydroxylation is 1. The summed E-state index contributed by atoms with van der Waals surface area (Å²) in [5, 5.41) is 12.4. The van der Waals surface area contributed by atoms with E-state index in [0.717, 1.165) is 4.68 Å². The number of thiophene rings is 1. The van der Waals surface area contributed by atoms with Crippen LogP contribution in [0, 0.1) is 6.92 Å². The van der Waals surface area contributed by atoms with Gasteiger partial charge in [0.15, 0.2) is 17.5 Å². The Bertz CT molecular complexity index is 1690. The lowest BCUT2D eigenvalue weighted by atomic mass is 9.96. The van der Waals surface area contributed by atoms with E-state index < -0.39 is 24.2 Å². The summed E-state index contributed by atoms with van der Waals surface area (Å²) < 4.78 is 54.8. The minimum absolute atomic E-state index is 0.164. The molecule has 1 aliphatic rings. The number of fused-ring (bicyclic) bond motifs is 4. The lowest BCUT2D eigenvalue weighted by Gasteiger charge is -2.34. The van der Waals surface area contributed by atoms with Gasteiger partial charge < -0.3 is 14.8 Å². The third kappa shape index (κ3) is 3.74. The lowest BCUT2D eigenvalue weighted by Crippen LogP contribution is -2.35. The minimum atomic E-state index is -4.52. The maximum absolute atomic E-state index is 14.1. The molecule has 0 radical (unpaired) electrons. The van der Waals surface area contributed by atoms with Crippen LogP contribution < -0.4 is 10.1 Å². The van der Waals surface area contributed by atoms with E-state index in [0.29, 0.717) is 43.2 Å². The quantitative estimate of drug-likeness (QED) is 0.317. The normalized spacial score (nSPS) is 17.4. The van der Waals surface area contributed by atoms with Crippen molar-refractivity contribution in [2.45, 2.75) is 31.6 Å². The topological polar surface area (TPSA) is 108 Å². The largest absolute Gasteiger partial charge is 0.497 e. The van der Waals surface area contributed by atoms with Gasteiger partial charge in [-0.3, -0.25) is 0 Å². The highest BCUT2D eigenvalue weighted by Crippen LogP contribution is 2.46. The van der Waals surface area contributed by atoms with Crippen molar-refractivity contribution in [3.05, 3.63) is 52.8 Å². The van der Waals surface area contributed by atoms with Crippen molar-refractivity contribution in [3.8, 4) is 17.1 Å². The number of hydrogen-bond acceptors (Lipinski definition) is 9. The number of methoxy groups -OCH3 is 2. The van der Waals surface area contributed by atoms with E-state index in [-0.39, 0.29) is 18.1 Å². The van der Waals surface area contributed by atoms with Gasteiger partial charge in [0, 0.05) is 6.42 Å². The lowest BCUT2D eigenvalue weighted by molar-refractivity contribution is -0.173. The molecule has 5 heterocycles. The van der Waals surface area contributed by atoms with Crippen LogP contribution in [0.1, 0.15) is 39.3 Å². The fraction of sp³-hybridized carbons (Fsp3) is 0.292. The number of alkyl halides is 3. The minimum Gasteiger partial charge on any atom is -0.497 e. The summed E-state index contributed by atoms with van der Waals surface area (Å²) in [7, 11) is 2.82. The number of hydrogen-bond donors (Lipinski definition) is 1. The maximum atomic E-state index is 14.1. The predicted molar refractivity (Wildman–Crippen MR) is 133 cm³/mol. The van der Waals surface area contributed by atoms with Crippen LogP contribution in [0.15, 0.2) is 36.8 Å². The summed E-state index contributed by atoms with van der Waals surface area (Å²) in [5.41, 5.74) is 2.05. The van der Waals surface area contributed by atoms with E-state index in [1.54, 1.807) is 31.2 Å². The van der Waals surface area contributed by atoms with Crippen LogP contribution in [0.2, 0.25) is 0 Å². The van der Waals surface area contributed by atoms with E-state index in [9.17, 15) is 18.0 Å². The highest BCUT2D eigenvalue weighted by molar-refractivity contribution is 7.20. The molecule has 1 aromatic carbocycles. The van der Waals surface area contributed by atoms with Gasteiger partial charge in [-0.05, 0) is 30.2 Å². The van der Waals surface area contributed by atoms with E-state index in [4.69, 9.17) is 9.47 Å². The van der Waals surface area contributed by atoms with Crippen molar-refractivity contribution in [1.82, 2.24) is 29.4 Å². The Hall–Kier alpha value is -4.20. The Labute approximate surface area is 217 Å². The van der Waals surface area contributed by atoms with Gasteiger partial charge in [0.05, 0.1) is 37.4 Å². The zero-order valence-electron chi connectivity index (χ0n) is 20.3. The standard InChI is InChI=1S/C24H20F3N7O3S/c1-11-17-21-31-19(32-33(21)10-28-22(17)38-18(11)23(35)37-3)14-9-29-34-16(24(25,26)27)8-15(30-20(14)34)12-4-6-13(36-2)7-5-12/h4-7,9-10,15-16,30H,8H2,1-3H3/t15-,16-/m1/s1. The van der Waals surface area contributed by atoms with Crippen LogP contribution in [0.5, 0.6) is 5.75 Å². The molecule has 5 aromatic rings. The Morgan fingerprint density at radius 2 is 1.97 bits per heavy atom. The molecular formula is C24H20F3N7O3S. The molecule has 0 saturated carbocycles. The van der Waals surface area contributed by atoms with Crippen molar-refractivity contribution in [2.24, 2.45) is 0 Å².